The molecule has 0 aliphatic carbocycles. The molecule has 7 heteroatoms. The Kier molecular flexibility index (Phi) is 9.24. The van der Waals surface area contributed by atoms with Gasteiger partial charge in [-0.3, -0.25) is 20.4 Å². The normalized spacial score (nSPS) is 10.0. The molecule has 126 valence electrons. The fourth-order valence-electron chi connectivity index (χ4n) is 1.90. The zero-order valence-corrected chi connectivity index (χ0v) is 14.7. The maximum absolute atomic E-state index is 11.8. The Labute approximate surface area is 147 Å². The van der Waals surface area contributed by atoms with E-state index in [2.05, 4.69) is 23.1 Å². The van der Waals surface area contributed by atoms with Crippen LogP contribution in [-0.4, -0.2) is 16.9 Å². The van der Waals surface area contributed by atoms with E-state index >= 15 is 0 Å². The Morgan fingerprint density at radius 1 is 1.04 bits per heavy atom. The van der Waals surface area contributed by atoms with Gasteiger partial charge in [0.05, 0.1) is 0 Å². The van der Waals surface area contributed by atoms with Crippen molar-refractivity contribution in [2.24, 2.45) is 0 Å². The van der Waals surface area contributed by atoms with Crippen molar-refractivity contribution in [1.82, 2.24) is 16.2 Å². The van der Waals surface area contributed by atoms with Gasteiger partial charge >= 0.3 is 0 Å². The summed E-state index contributed by atoms with van der Waals surface area (Å²) in [6.07, 6.45) is 5.81. The predicted octanol–water partition coefficient (Wildman–Crippen LogP) is 3.34. The van der Waals surface area contributed by atoms with Crippen molar-refractivity contribution in [2.75, 3.05) is 0 Å². The quantitative estimate of drug-likeness (QED) is 0.398. The molecule has 0 fully saturated rings. The van der Waals surface area contributed by atoms with Crippen LogP contribution in [0.4, 0.5) is 0 Å². The maximum atomic E-state index is 11.8. The van der Waals surface area contributed by atoms with Gasteiger partial charge in [0.2, 0.25) is 5.91 Å². The number of hydrogen-bond donors (Lipinski definition) is 3. The van der Waals surface area contributed by atoms with Crippen molar-refractivity contribution >= 4 is 40.7 Å². The number of amides is 2. The van der Waals surface area contributed by atoms with Crippen LogP contribution in [0.5, 0.6) is 0 Å². The van der Waals surface area contributed by atoms with E-state index in [0.717, 1.165) is 19.3 Å². The highest BCUT2D eigenvalue weighted by molar-refractivity contribution is 7.80. The largest absolute Gasteiger partial charge is 0.302 e. The van der Waals surface area contributed by atoms with E-state index in [1.807, 2.05) is 0 Å². The van der Waals surface area contributed by atoms with E-state index in [1.54, 1.807) is 24.3 Å². The molecule has 23 heavy (non-hydrogen) atoms. The topological polar surface area (TPSA) is 70.2 Å². The molecule has 0 unspecified atom stereocenters. The Balaban J connectivity index is 2.21. The summed E-state index contributed by atoms with van der Waals surface area (Å²) in [5.74, 6) is -0.516. The van der Waals surface area contributed by atoms with Crippen LogP contribution in [0.25, 0.3) is 0 Å². The van der Waals surface area contributed by atoms with Crippen LogP contribution in [0.15, 0.2) is 24.3 Å². The molecular weight excluding hydrogens is 334 g/mol. The van der Waals surface area contributed by atoms with E-state index in [1.165, 1.54) is 12.8 Å². The summed E-state index contributed by atoms with van der Waals surface area (Å²) in [6, 6.07) is 6.43. The lowest BCUT2D eigenvalue weighted by molar-refractivity contribution is -0.119. The number of benzene rings is 1. The Morgan fingerprint density at radius 2 is 1.70 bits per heavy atom. The van der Waals surface area contributed by atoms with Crippen LogP contribution in [0.1, 0.15) is 55.8 Å². The van der Waals surface area contributed by atoms with E-state index in [-0.39, 0.29) is 16.9 Å². The third kappa shape index (κ3) is 8.52. The van der Waals surface area contributed by atoms with Gasteiger partial charge in [-0.15, -0.1) is 0 Å². The van der Waals surface area contributed by atoms with Crippen molar-refractivity contribution in [2.45, 2.75) is 45.4 Å². The number of halogens is 1. The summed E-state index contributed by atoms with van der Waals surface area (Å²) < 4.78 is 0. The van der Waals surface area contributed by atoms with Gasteiger partial charge in [0.25, 0.3) is 5.91 Å². The lowest BCUT2D eigenvalue weighted by Gasteiger charge is -2.10. The van der Waals surface area contributed by atoms with Gasteiger partial charge in [-0.2, -0.15) is 0 Å². The van der Waals surface area contributed by atoms with Crippen LogP contribution < -0.4 is 16.2 Å². The van der Waals surface area contributed by atoms with Crippen molar-refractivity contribution in [1.29, 1.82) is 0 Å². The number of rotatable bonds is 7. The van der Waals surface area contributed by atoms with Crippen LogP contribution >= 0.6 is 23.8 Å². The number of hydrazine groups is 1. The second kappa shape index (κ2) is 11.0. The first-order valence-corrected chi connectivity index (χ1v) is 8.47. The van der Waals surface area contributed by atoms with Gasteiger partial charge in [-0.25, -0.2) is 0 Å². The van der Waals surface area contributed by atoms with E-state index in [0.29, 0.717) is 17.0 Å². The summed E-state index contributed by atoms with van der Waals surface area (Å²) in [5.41, 5.74) is 5.36. The van der Waals surface area contributed by atoms with Crippen molar-refractivity contribution in [3.05, 3.63) is 34.9 Å². The van der Waals surface area contributed by atoms with Gasteiger partial charge in [0.15, 0.2) is 5.11 Å². The Hall–Kier alpha value is -1.66. The van der Waals surface area contributed by atoms with Crippen molar-refractivity contribution in [3.63, 3.8) is 0 Å². The molecule has 3 N–H and O–H groups in total. The molecule has 1 rings (SSSR count). The number of carbonyl (C=O) groups excluding carboxylic acids is 2. The number of hydrogen-bond acceptors (Lipinski definition) is 3. The minimum atomic E-state index is -0.363. The van der Waals surface area contributed by atoms with Crippen LogP contribution in [0.2, 0.25) is 5.02 Å². The molecule has 0 saturated heterocycles. The van der Waals surface area contributed by atoms with Gasteiger partial charge < -0.3 is 5.32 Å². The van der Waals surface area contributed by atoms with Gasteiger partial charge in [0.1, 0.15) is 0 Å². The fourth-order valence-corrected chi connectivity index (χ4v) is 2.19. The SMILES string of the molecule is CCCCCCCC(=O)NC(=S)NNC(=O)c1ccc(Cl)cc1. The first-order valence-electron chi connectivity index (χ1n) is 7.68. The molecule has 5 nitrogen and oxygen atoms in total. The summed E-state index contributed by atoms with van der Waals surface area (Å²) in [4.78, 5) is 23.5. The van der Waals surface area contributed by atoms with Crippen LogP contribution in [0.3, 0.4) is 0 Å². The summed E-state index contributed by atoms with van der Waals surface area (Å²) in [6.45, 7) is 2.15. The number of carbonyl (C=O) groups is 2. The highest BCUT2D eigenvalue weighted by Crippen LogP contribution is 2.09. The van der Waals surface area contributed by atoms with E-state index in [4.69, 9.17) is 23.8 Å². The van der Waals surface area contributed by atoms with Crippen molar-refractivity contribution in [3.8, 4) is 0 Å². The number of unbranched alkanes of at least 4 members (excludes halogenated alkanes) is 4. The highest BCUT2D eigenvalue weighted by atomic mass is 35.5. The van der Waals surface area contributed by atoms with Gasteiger partial charge in [-0.05, 0) is 42.9 Å². The molecule has 0 aliphatic heterocycles. The third-order valence-electron chi connectivity index (χ3n) is 3.16. The zero-order chi connectivity index (χ0) is 17.1. The Morgan fingerprint density at radius 3 is 2.35 bits per heavy atom. The second-order valence-corrected chi connectivity index (χ2v) is 5.97. The van der Waals surface area contributed by atoms with Crippen LogP contribution in [0, 0.1) is 0 Å². The van der Waals surface area contributed by atoms with Gasteiger partial charge in [-0.1, -0.05) is 44.2 Å². The minimum Gasteiger partial charge on any atom is -0.302 e. The number of nitrogens with one attached hydrogen (secondary N) is 3. The standard InChI is InChI=1S/C16H22ClN3O2S/c1-2-3-4-5-6-7-14(21)18-16(23)20-19-15(22)12-8-10-13(17)11-9-12/h8-11H,2-7H2,1H3,(H,19,22)(H2,18,20,21,23). The predicted molar refractivity (Wildman–Crippen MR) is 96.2 cm³/mol. The maximum Gasteiger partial charge on any atom is 0.269 e. The smallest absolute Gasteiger partial charge is 0.269 e. The van der Waals surface area contributed by atoms with Crippen molar-refractivity contribution < 1.29 is 9.59 Å². The zero-order valence-electron chi connectivity index (χ0n) is 13.2. The molecule has 0 aromatic heterocycles. The molecule has 2 amide bonds. The molecule has 0 aliphatic rings. The van der Waals surface area contributed by atoms with E-state index < -0.39 is 0 Å². The molecular formula is C16H22ClN3O2S. The summed E-state index contributed by atoms with van der Waals surface area (Å²) >= 11 is 10.7. The monoisotopic (exact) mass is 355 g/mol. The van der Waals surface area contributed by atoms with E-state index in [9.17, 15) is 9.59 Å². The molecule has 1 aromatic rings. The first kappa shape index (κ1) is 19.4. The first-order chi connectivity index (χ1) is 11.0. The molecule has 0 bridgehead atoms. The lowest BCUT2D eigenvalue weighted by atomic mass is 10.1. The fraction of sp³-hybridized carbons (Fsp3) is 0.438. The molecule has 0 saturated carbocycles. The average molecular weight is 356 g/mol. The summed E-state index contributed by atoms with van der Waals surface area (Å²) in [5, 5.41) is 3.16. The average Bonchev–Trinajstić information content (AvgIpc) is 2.53. The molecule has 0 spiro atoms. The molecule has 0 atom stereocenters. The minimum absolute atomic E-state index is 0.0749. The highest BCUT2D eigenvalue weighted by Gasteiger charge is 2.07. The van der Waals surface area contributed by atoms with Gasteiger partial charge in [0, 0.05) is 17.0 Å². The Bertz CT molecular complexity index is 535. The molecule has 0 heterocycles. The molecule has 0 radical (unpaired) electrons. The molecule has 1 aromatic carbocycles. The lowest BCUT2D eigenvalue weighted by Crippen LogP contribution is -2.48. The second-order valence-electron chi connectivity index (χ2n) is 5.13. The number of thiocarbonyl (C=S) groups is 1. The van der Waals surface area contributed by atoms with Crippen LogP contribution in [-0.2, 0) is 4.79 Å². The summed E-state index contributed by atoms with van der Waals surface area (Å²) in [7, 11) is 0. The third-order valence-corrected chi connectivity index (χ3v) is 3.61.